The van der Waals surface area contributed by atoms with Gasteiger partial charge in [0.15, 0.2) is 6.61 Å². The molecule has 0 radical (unpaired) electrons. The van der Waals surface area contributed by atoms with Crippen LogP contribution in [0.2, 0.25) is 0 Å². The molecule has 0 aromatic heterocycles. The number of carbonyl (C=O) groups is 2. The largest absolute Gasteiger partial charge is 0.494 e. The van der Waals surface area contributed by atoms with Gasteiger partial charge < -0.3 is 19.7 Å². The Balaban J connectivity index is 1.65. The molecule has 1 aliphatic heterocycles. The van der Waals surface area contributed by atoms with Crippen molar-refractivity contribution in [1.29, 1.82) is 0 Å². The number of amides is 1. The minimum atomic E-state index is -0.896. The van der Waals surface area contributed by atoms with Crippen molar-refractivity contribution in [1.82, 2.24) is 0 Å². The zero-order valence-electron chi connectivity index (χ0n) is 18.7. The van der Waals surface area contributed by atoms with Crippen LogP contribution in [0.4, 0.5) is 22.7 Å². The molecule has 3 rings (SSSR count). The van der Waals surface area contributed by atoms with Crippen LogP contribution in [-0.2, 0) is 9.53 Å². The molecule has 180 valence electrons. The molecular formula is C22H24N4O8. The molecule has 1 heterocycles. The van der Waals surface area contributed by atoms with E-state index in [4.69, 9.17) is 9.47 Å². The first-order valence-corrected chi connectivity index (χ1v) is 10.5. The summed E-state index contributed by atoms with van der Waals surface area (Å²) in [6.07, 6.45) is 1.85. The number of nitro groups is 2. The molecule has 1 aliphatic rings. The molecule has 0 saturated carbocycles. The normalized spacial score (nSPS) is 13.8. The number of esters is 1. The average Bonchev–Trinajstić information content (AvgIpc) is 2.82. The third-order valence-electron chi connectivity index (χ3n) is 5.54. The lowest BCUT2D eigenvalue weighted by Crippen LogP contribution is -2.33. The Morgan fingerprint density at radius 2 is 1.79 bits per heavy atom. The summed E-state index contributed by atoms with van der Waals surface area (Å²) in [7, 11) is 1.29. The van der Waals surface area contributed by atoms with Crippen LogP contribution in [0.5, 0.6) is 5.75 Å². The predicted octanol–water partition coefficient (Wildman–Crippen LogP) is 3.54. The summed E-state index contributed by atoms with van der Waals surface area (Å²) in [5, 5.41) is 24.9. The number of non-ortho nitro benzene ring substituents is 1. The molecule has 0 bridgehead atoms. The molecule has 1 saturated heterocycles. The number of ether oxygens (including phenoxy) is 2. The van der Waals surface area contributed by atoms with Crippen molar-refractivity contribution in [3.05, 3.63) is 62.2 Å². The van der Waals surface area contributed by atoms with Crippen molar-refractivity contribution in [3.63, 3.8) is 0 Å². The first kappa shape index (κ1) is 24.4. The summed E-state index contributed by atoms with van der Waals surface area (Å²) in [6.45, 7) is 2.85. The Labute approximate surface area is 194 Å². The molecule has 34 heavy (non-hydrogen) atoms. The Morgan fingerprint density at radius 3 is 2.41 bits per heavy atom. The second-order valence-corrected chi connectivity index (χ2v) is 7.90. The Hall–Kier alpha value is -4.22. The van der Waals surface area contributed by atoms with Crippen molar-refractivity contribution in [2.75, 3.05) is 37.0 Å². The molecule has 12 heteroatoms. The molecule has 1 fully saturated rings. The first-order chi connectivity index (χ1) is 16.2. The van der Waals surface area contributed by atoms with Crippen LogP contribution in [-0.4, -0.2) is 48.5 Å². The number of benzene rings is 2. The number of hydrogen-bond donors (Lipinski definition) is 1. The summed E-state index contributed by atoms with van der Waals surface area (Å²) >= 11 is 0. The lowest BCUT2D eigenvalue weighted by molar-refractivity contribution is -0.384. The quantitative estimate of drug-likeness (QED) is 0.345. The lowest BCUT2D eigenvalue weighted by atomic mass is 9.98. The van der Waals surface area contributed by atoms with Gasteiger partial charge in [0.05, 0.1) is 34.3 Å². The van der Waals surface area contributed by atoms with E-state index in [0.29, 0.717) is 24.7 Å². The number of nitrogens with zero attached hydrogens (tertiary/aromatic N) is 3. The molecular weight excluding hydrogens is 448 g/mol. The van der Waals surface area contributed by atoms with Gasteiger partial charge in [-0.1, -0.05) is 6.92 Å². The highest BCUT2D eigenvalue weighted by atomic mass is 16.6. The van der Waals surface area contributed by atoms with E-state index in [1.807, 2.05) is 4.90 Å². The molecule has 0 unspecified atom stereocenters. The monoisotopic (exact) mass is 472 g/mol. The van der Waals surface area contributed by atoms with Crippen molar-refractivity contribution in [3.8, 4) is 5.75 Å². The highest BCUT2D eigenvalue weighted by Crippen LogP contribution is 2.33. The summed E-state index contributed by atoms with van der Waals surface area (Å²) < 4.78 is 10.0. The van der Waals surface area contributed by atoms with E-state index < -0.39 is 28.3 Å². The minimum absolute atomic E-state index is 0.0541. The highest BCUT2D eigenvalue weighted by molar-refractivity contribution is 5.97. The number of anilines is 2. The zero-order chi connectivity index (χ0) is 24.8. The third-order valence-corrected chi connectivity index (χ3v) is 5.54. The van der Waals surface area contributed by atoms with Crippen molar-refractivity contribution in [2.24, 2.45) is 5.92 Å². The van der Waals surface area contributed by atoms with Crippen LogP contribution in [0.15, 0.2) is 36.4 Å². The van der Waals surface area contributed by atoms with Gasteiger partial charge in [-0.2, -0.15) is 0 Å². The molecule has 12 nitrogen and oxygen atoms in total. The van der Waals surface area contributed by atoms with Crippen LogP contribution in [0.3, 0.4) is 0 Å². The van der Waals surface area contributed by atoms with Crippen molar-refractivity contribution in [2.45, 2.75) is 19.8 Å². The molecule has 0 aliphatic carbocycles. The van der Waals surface area contributed by atoms with E-state index in [0.717, 1.165) is 25.0 Å². The lowest BCUT2D eigenvalue weighted by Gasteiger charge is -2.31. The molecule has 2 aromatic carbocycles. The van der Waals surface area contributed by atoms with Gasteiger partial charge in [0.25, 0.3) is 17.3 Å². The van der Waals surface area contributed by atoms with E-state index in [-0.39, 0.29) is 28.4 Å². The third kappa shape index (κ3) is 5.77. The van der Waals surface area contributed by atoms with E-state index in [2.05, 4.69) is 12.2 Å². The number of hydrogen-bond acceptors (Lipinski definition) is 9. The van der Waals surface area contributed by atoms with Gasteiger partial charge in [0.2, 0.25) is 0 Å². The number of piperidine rings is 1. The zero-order valence-corrected chi connectivity index (χ0v) is 18.7. The van der Waals surface area contributed by atoms with Gasteiger partial charge in [0, 0.05) is 25.2 Å². The Kier molecular flexibility index (Phi) is 7.61. The fraction of sp³-hybridized carbons (Fsp3) is 0.364. The summed E-state index contributed by atoms with van der Waals surface area (Å²) in [6, 6.07) is 7.72. The molecule has 0 spiro atoms. The van der Waals surface area contributed by atoms with Crippen LogP contribution >= 0.6 is 0 Å². The topological polar surface area (TPSA) is 154 Å². The fourth-order valence-corrected chi connectivity index (χ4v) is 3.61. The molecule has 1 amide bonds. The Morgan fingerprint density at radius 1 is 1.09 bits per heavy atom. The second-order valence-electron chi connectivity index (χ2n) is 7.90. The van der Waals surface area contributed by atoms with Crippen molar-refractivity contribution < 1.29 is 28.9 Å². The molecule has 1 N–H and O–H groups in total. The number of methoxy groups -OCH3 is 1. The van der Waals surface area contributed by atoms with Crippen LogP contribution in [0.1, 0.15) is 30.1 Å². The van der Waals surface area contributed by atoms with Crippen molar-refractivity contribution >= 4 is 34.6 Å². The number of carbonyl (C=O) groups excluding carboxylic acids is 2. The van der Waals surface area contributed by atoms with Crippen LogP contribution in [0.25, 0.3) is 0 Å². The minimum Gasteiger partial charge on any atom is -0.494 e. The van der Waals surface area contributed by atoms with Crippen LogP contribution < -0.4 is 15.0 Å². The summed E-state index contributed by atoms with van der Waals surface area (Å²) in [4.78, 5) is 47.9. The predicted molar refractivity (Wildman–Crippen MR) is 122 cm³/mol. The SMILES string of the molecule is COc1cc([N+](=O)[O-])ccc1NC(=O)COC(=O)c1ccc(N2CCC(C)CC2)c([N+](=O)[O-])c1. The van der Waals surface area contributed by atoms with Gasteiger partial charge >= 0.3 is 5.97 Å². The van der Waals surface area contributed by atoms with E-state index in [1.165, 1.54) is 31.4 Å². The standard InChI is InChI=1S/C22H24N4O8/c1-14-7-9-24(10-8-14)18-6-3-15(11-19(18)26(31)32)22(28)34-13-21(27)23-17-5-4-16(25(29)30)12-20(17)33-2/h3-6,11-12,14H,7-10,13H2,1-2H3,(H,23,27). The maximum atomic E-state index is 12.4. The second kappa shape index (κ2) is 10.6. The molecule has 2 aromatic rings. The number of rotatable bonds is 8. The van der Waals surface area contributed by atoms with Gasteiger partial charge in [-0.05, 0) is 37.0 Å². The Bertz CT molecular complexity index is 1110. The van der Waals surface area contributed by atoms with Gasteiger partial charge in [-0.3, -0.25) is 25.0 Å². The van der Waals surface area contributed by atoms with E-state index in [9.17, 15) is 29.8 Å². The smallest absolute Gasteiger partial charge is 0.338 e. The maximum Gasteiger partial charge on any atom is 0.338 e. The highest BCUT2D eigenvalue weighted by Gasteiger charge is 2.25. The van der Waals surface area contributed by atoms with Gasteiger partial charge in [-0.15, -0.1) is 0 Å². The van der Waals surface area contributed by atoms with Crippen LogP contribution in [0, 0.1) is 26.1 Å². The summed E-state index contributed by atoms with van der Waals surface area (Å²) in [5.74, 6) is -0.990. The average molecular weight is 472 g/mol. The first-order valence-electron chi connectivity index (χ1n) is 10.5. The number of nitro benzene ring substituents is 2. The molecule has 0 atom stereocenters. The maximum absolute atomic E-state index is 12.4. The van der Waals surface area contributed by atoms with Gasteiger partial charge in [-0.25, -0.2) is 4.79 Å². The summed E-state index contributed by atoms with van der Waals surface area (Å²) in [5.41, 5.74) is 0.123. The fourth-order valence-electron chi connectivity index (χ4n) is 3.61. The van der Waals surface area contributed by atoms with E-state index >= 15 is 0 Å². The number of nitrogens with one attached hydrogen (secondary N) is 1. The van der Waals surface area contributed by atoms with Gasteiger partial charge in [0.1, 0.15) is 11.4 Å². The van der Waals surface area contributed by atoms with E-state index in [1.54, 1.807) is 0 Å².